The fourth-order valence-electron chi connectivity index (χ4n) is 3.09. The maximum Gasteiger partial charge on any atom is 0.327 e. The number of thioether (sulfide) groups is 1. The van der Waals surface area contributed by atoms with E-state index in [1.165, 1.54) is 17.8 Å². The Kier molecular flexibility index (Phi) is 6.75. The van der Waals surface area contributed by atoms with Crippen LogP contribution in [0.4, 0.5) is 10.6 Å². The van der Waals surface area contributed by atoms with Crippen LogP contribution in [0.15, 0.2) is 12.7 Å². The van der Waals surface area contributed by atoms with Gasteiger partial charge < -0.3 is 30.9 Å². The first-order chi connectivity index (χ1) is 14.7. The normalized spacial score (nSPS) is 27.8. The molecule has 0 bridgehead atoms. The van der Waals surface area contributed by atoms with E-state index >= 15 is 0 Å². The molecule has 1 saturated heterocycles. The fourth-order valence-corrected chi connectivity index (χ4v) is 4.03. The molecule has 14 nitrogen and oxygen atoms in total. The molecule has 0 aliphatic carbocycles. The number of nitrogens with zero attached hydrogens (tertiary/aromatic N) is 4. The van der Waals surface area contributed by atoms with E-state index in [4.69, 9.17) is 10.5 Å². The smallest absolute Gasteiger partial charge is 0.327 e. The number of imide groups is 1. The van der Waals surface area contributed by atoms with Gasteiger partial charge in [0.2, 0.25) is 11.0 Å². The molecule has 0 saturated carbocycles. The summed E-state index contributed by atoms with van der Waals surface area (Å²) in [5, 5.41) is 42.4. The van der Waals surface area contributed by atoms with Gasteiger partial charge in [-0.3, -0.25) is 20.0 Å². The van der Waals surface area contributed by atoms with Crippen molar-refractivity contribution in [3.8, 4) is 0 Å². The quantitative estimate of drug-likeness (QED) is 0.235. The second kappa shape index (κ2) is 8.99. The molecule has 31 heavy (non-hydrogen) atoms. The van der Waals surface area contributed by atoms with Crippen molar-refractivity contribution in [1.82, 2.24) is 24.8 Å². The van der Waals surface area contributed by atoms with Crippen molar-refractivity contribution in [3.63, 3.8) is 0 Å². The maximum atomic E-state index is 12.1. The summed E-state index contributed by atoms with van der Waals surface area (Å²) < 4.78 is 7.10. The Hall–Kier alpha value is -2.40. The van der Waals surface area contributed by atoms with Crippen LogP contribution in [0, 0.1) is 0 Å². The molecule has 0 spiro atoms. The highest BCUT2D eigenvalue weighted by molar-refractivity contribution is 7.99. The third kappa shape index (κ3) is 4.08. The van der Waals surface area contributed by atoms with Gasteiger partial charge in [-0.1, -0.05) is 0 Å². The first-order valence-electron chi connectivity index (χ1n) is 9.10. The van der Waals surface area contributed by atoms with Gasteiger partial charge in [-0.15, -0.1) is 11.8 Å². The minimum absolute atomic E-state index is 0.0531. The van der Waals surface area contributed by atoms with Gasteiger partial charge in [0.05, 0.1) is 12.7 Å². The molecule has 0 radical (unpaired) electrons. The maximum absolute atomic E-state index is 12.1. The molecule has 2 aromatic heterocycles. The lowest BCUT2D eigenvalue weighted by Gasteiger charge is -2.31. The highest BCUT2D eigenvalue weighted by Crippen LogP contribution is 2.44. The topological polar surface area (TPSA) is 218 Å². The van der Waals surface area contributed by atoms with Gasteiger partial charge in [0, 0.05) is 0 Å². The molecule has 2 aromatic rings. The van der Waals surface area contributed by atoms with Crippen molar-refractivity contribution in [3.05, 3.63) is 12.7 Å². The monoisotopic (exact) mass is 457 g/mol. The average Bonchev–Trinajstić information content (AvgIpc) is 3.28. The molecule has 0 aromatic carbocycles. The van der Waals surface area contributed by atoms with Crippen molar-refractivity contribution in [1.29, 1.82) is 0 Å². The van der Waals surface area contributed by atoms with Crippen molar-refractivity contribution >= 4 is 40.7 Å². The SMILES string of the molecule is CS[C@@]1(n2cnc3c(NC(=O)NC(=O)C(N)C(C)O)ncnc32)O[C@H](CO)[C@@H](O)[C@H]1O. The van der Waals surface area contributed by atoms with Gasteiger partial charge in [-0.2, -0.15) is 0 Å². The Labute approximate surface area is 179 Å². The van der Waals surface area contributed by atoms with Crippen molar-refractivity contribution in [2.75, 3.05) is 18.2 Å². The van der Waals surface area contributed by atoms with E-state index in [1.54, 1.807) is 6.26 Å². The largest absolute Gasteiger partial charge is 0.394 e. The number of imidazole rings is 1. The third-order valence-electron chi connectivity index (χ3n) is 4.83. The Morgan fingerprint density at radius 1 is 1.39 bits per heavy atom. The highest BCUT2D eigenvalue weighted by atomic mass is 32.2. The number of fused-ring (bicyclic) bond motifs is 1. The van der Waals surface area contributed by atoms with Crippen molar-refractivity contribution < 1.29 is 34.8 Å². The lowest BCUT2D eigenvalue weighted by Crippen LogP contribution is -2.50. The number of aliphatic hydroxyl groups is 4. The van der Waals surface area contributed by atoms with E-state index in [9.17, 15) is 30.0 Å². The second-order valence-corrected chi connectivity index (χ2v) is 7.82. The van der Waals surface area contributed by atoms with Crippen molar-refractivity contribution in [2.24, 2.45) is 5.73 Å². The van der Waals surface area contributed by atoms with Gasteiger partial charge in [-0.05, 0) is 13.2 Å². The number of hydrogen-bond donors (Lipinski definition) is 7. The summed E-state index contributed by atoms with van der Waals surface area (Å²) in [5.41, 5.74) is 5.74. The van der Waals surface area contributed by atoms with E-state index in [1.807, 2.05) is 5.32 Å². The molecule has 2 unspecified atom stereocenters. The molecule has 1 aliphatic rings. The average molecular weight is 457 g/mol. The third-order valence-corrected chi connectivity index (χ3v) is 5.95. The van der Waals surface area contributed by atoms with Crippen LogP contribution in [0.5, 0.6) is 0 Å². The molecule has 3 heterocycles. The minimum atomic E-state index is -1.55. The van der Waals surface area contributed by atoms with Crippen LogP contribution < -0.4 is 16.4 Å². The second-order valence-electron chi connectivity index (χ2n) is 6.83. The van der Waals surface area contributed by atoms with Crippen molar-refractivity contribution in [2.45, 2.75) is 42.4 Å². The van der Waals surface area contributed by atoms with E-state index in [0.717, 1.165) is 18.1 Å². The first kappa shape index (κ1) is 23.3. The van der Waals surface area contributed by atoms with Gasteiger partial charge in [0.1, 0.15) is 37.0 Å². The molecular formula is C16H23N7O7S. The molecule has 3 rings (SSSR count). The Bertz CT molecular complexity index is 973. The van der Waals surface area contributed by atoms with Gasteiger partial charge >= 0.3 is 6.03 Å². The number of urea groups is 1. The summed E-state index contributed by atoms with van der Waals surface area (Å²) in [4.78, 5) is 36.2. The predicted octanol–water partition coefficient (Wildman–Crippen LogP) is -2.73. The standard InChI is InChI=1S/C16H23N7O7S/c1-6(25)8(17)14(28)22-15(29)21-12-9-13(19-4-18-12)23(5-20-9)16(31-2)11(27)10(26)7(3-24)30-16/h4-8,10-11,24-27H,3,17H2,1-2H3,(H2,18,19,21,22,28,29)/t6?,7-,8?,10-,11-,16+/m1/s1. The number of ether oxygens (including phenoxy) is 1. The van der Waals surface area contributed by atoms with E-state index < -0.39 is 54.1 Å². The summed E-state index contributed by atoms with van der Waals surface area (Å²) in [5.74, 6) is -0.946. The zero-order valence-electron chi connectivity index (χ0n) is 16.5. The number of carbonyl (C=O) groups is 2. The lowest BCUT2D eigenvalue weighted by molar-refractivity contribution is -0.123. The molecule has 1 aliphatic heterocycles. The lowest BCUT2D eigenvalue weighted by atomic mass is 10.1. The van der Waals surface area contributed by atoms with Crippen LogP contribution in [0.2, 0.25) is 0 Å². The summed E-state index contributed by atoms with van der Waals surface area (Å²) in [6, 6.07) is -2.26. The molecule has 6 atom stereocenters. The Morgan fingerprint density at radius 3 is 2.68 bits per heavy atom. The molecule has 15 heteroatoms. The molecular weight excluding hydrogens is 434 g/mol. The van der Waals surface area contributed by atoms with Crippen LogP contribution in [-0.4, -0.2) is 95.2 Å². The molecule has 170 valence electrons. The number of anilines is 1. The van der Waals surface area contributed by atoms with E-state index in [-0.39, 0.29) is 17.0 Å². The number of rotatable bonds is 6. The summed E-state index contributed by atoms with van der Waals surface area (Å²) in [6.07, 6.45) is -0.942. The van der Waals surface area contributed by atoms with Gasteiger partial charge in [0.15, 0.2) is 17.0 Å². The number of amides is 3. The number of hydrogen-bond acceptors (Lipinski definition) is 12. The highest BCUT2D eigenvalue weighted by Gasteiger charge is 2.56. The van der Waals surface area contributed by atoms with Gasteiger partial charge in [-0.25, -0.2) is 19.7 Å². The van der Waals surface area contributed by atoms with Crippen LogP contribution in [-0.2, 0) is 14.6 Å². The predicted molar refractivity (Wildman–Crippen MR) is 108 cm³/mol. The minimum Gasteiger partial charge on any atom is -0.394 e. The molecule has 1 fully saturated rings. The molecule has 3 amide bonds. The van der Waals surface area contributed by atoms with Crippen LogP contribution in [0.3, 0.4) is 0 Å². The number of nitrogens with two attached hydrogens (primary N) is 1. The van der Waals surface area contributed by atoms with E-state index in [0.29, 0.717) is 0 Å². The summed E-state index contributed by atoms with van der Waals surface area (Å²) >= 11 is 1.05. The zero-order chi connectivity index (χ0) is 22.9. The number of carbonyl (C=O) groups excluding carboxylic acids is 2. The Balaban J connectivity index is 1.90. The Morgan fingerprint density at radius 2 is 2.10 bits per heavy atom. The van der Waals surface area contributed by atoms with E-state index in [2.05, 4.69) is 20.3 Å². The number of nitrogens with one attached hydrogen (secondary N) is 2. The molecule has 8 N–H and O–H groups in total. The number of aliphatic hydroxyl groups excluding tert-OH is 4. The fraction of sp³-hybridized carbons (Fsp3) is 0.562. The van der Waals surface area contributed by atoms with Gasteiger partial charge in [0.25, 0.3) is 0 Å². The first-order valence-corrected chi connectivity index (χ1v) is 10.3. The summed E-state index contributed by atoms with van der Waals surface area (Å²) in [7, 11) is 0. The zero-order valence-corrected chi connectivity index (χ0v) is 17.4. The number of aromatic nitrogens is 4. The van der Waals surface area contributed by atoms with Crippen LogP contribution in [0.1, 0.15) is 6.92 Å². The van der Waals surface area contributed by atoms with Crippen LogP contribution >= 0.6 is 11.8 Å². The van der Waals surface area contributed by atoms with Crippen LogP contribution in [0.25, 0.3) is 11.2 Å². The summed E-state index contributed by atoms with van der Waals surface area (Å²) in [6.45, 7) is 0.792.